The van der Waals surface area contributed by atoms with Gasteiger partial charge in [0.05, 0.1) is 6.10 Å². The second-order valence-corrected chi connectivity index (χ2v) is 9.25. The van der Waals surface area contributed by atoms with Gasteiger partial charge < -0.3 is 15.0 Å². The van der Waals surface area contributed by atoms with E-state index in [2.05, 4.69) is 29.8 Å². The molecule has 4 rings (SSSR count). The first kappa shape index (κ1) is 18.8. The number of rotatable bonds is 6. The summed E-state index contributed by atoms with van der Waals surface area (Å²) in [6.45, 7) is 8.99. The molecule has 1 saturated heterocycles. The molecule has 3 aliphatic rings. The standard InChI is InChI=1S/C21H29N3O2S/c1-13-7-8-14(2)22-20(13)24(17-5-4-6-17)15(3)23-18(25)11-16-12-21(27)9-10-26-19(16)21/h7-8,16-17,19,27H,3-6,9-12H2,1-2H3,(H,23,25)/t16?,19-,21-/m1/s1. The van der Waals surface area contributed by atoms with Crippen molar-refractivity contribution in [1.29, 1.82) is 0 Å². The van der Waals surface area contributed by atoms with E-state index in [0.29, 0.717) is 18.3 Å². The Balaban J connectivity index is 1.43. The van der Waals surface area contributed by atoms with E-state index in [4.69, 9.17) is 22.3 Å². The summed E-state index contributed by atoms with van der Waals surface area (Å²) in [5.41, 5.74) is 2.07. The van der Waals surface area contributed by atoms with Crippen LogP contribution in [-0.2, 0) is 9.53 Å². The van der Waals surface area contributed by atoms with Gasteiger partial charge >= 0.3 is 0 Å². The maximum Gasteiger partial charge on any atom is 0.225 e. The van der Waals surface area contributed by atoms with Crippen LogP contribution in [0.3, 0.4) is 0 Å². The molecule has 0 bridgehead atoms. The summed E-state index contributed by atoms with van der Waals surface area (Å²) in [5.74, 6) is 1.80. The molecular weight excluding hydrogens is 358 g/mol. The molecule has 6 heteroatoms. The predicted octanol–water partition coefficient (Wildman–Crippen LogP) is 3.51. The van der Waals surface area contributed by atoms with E-state index in [9.17, 15) is 4.79 Å². The zero-order valence-electron chi connectivity index (χ0n) is 16.2. The molecule has 1 N–H and O–H groups in total. The van der Waals surface area contributed by atoms with Crippen LogP contribution in [0.4, 0.5) is 5.82 Å². The Kier molecular flexibility index (Phi) is 4.97. The average molecular weight is 388 g/mol. The number of carbonyl (C=O) groups excluding carboxylic acids is 1. The Morgan fingerprint density at radius 1 is 1.44 bits per heavy atom. The van der Waals surface area contributed by atoms with Crippen LogP contribution in [0.2, 0.25) is 0 Å². The second-order valence-electron chi connectivity index (χ2n) is 8.36. The third-order valence-corrected chi connectivity index (χ3v) is 6.97. The molecule has 2 aliphatic carbocycles. The van der Waals surface area contributed by atoms with Gasteiger partial charge in [-0.3, -0.25) is 4.79 Å². The van der Waals surface area contributed by atoms with Crippen molar-refractivity contribution in [3.63, 3.8) is 0 Å². The molecule has 3 fully saturated rings. The fourth-order valence-corrected chi connectivity index (χ4v) is 5.18. The lowest BCUT2D eigenvalue weighted by Gasteiger charge is -2.46. The highest BCUT2D eigenvalue weighted by atomic mass is 32.1. The Hall–Kier alpha value is -1.53. The van der Waals surface area contributed by atoms with Gasteiger partial charge in [-0.25, -0.2) is 4.98 Å². The number of ether oxygens (including phenoxy) is 1. The molecule has 1 aromatic heterocycles. The summed E-state index contributed by atoms with van der Waals surface area (Å²) in [6, 6.07) is 4.45. The highest BCUT2D eigenvalue weighted by molar-refractivity contribution is 7.82. The second kappa shape index (κ2) is 7.13. The number of aryl methyl sites for hydroxylation is 2. The molecule has 1 unspecified atom stereocenters. The van der Waals surface area contributed by atoms with E-state index in [1.807, 2.05) is 13.0 Å². The molecule has 1 amide bonds. The van der Waals surface area contributed by atoms with E-state index in [1.165, 1.54) is 6.42 Å². The summed E-state index contributed by atoms with van der Waals surface area (Å²) in [7, 11) is 0. The van der Waals surface area contributed by atoms with Crippen molar-refractivity contribution in [2.45, 2.75) is 69.3 Å². The van der Waals surface area contributed by atoms with Gasteiger partial charge in [-0.05, 0) is 63.5 Å². The molecule has 2 heterocycles. The molecule has 0 spiro atoms. The van der Waals surface area contributed by atoms with Crippen molar-refractivity contribution in [1.82, 2.24) is 10.3 Å². The minimum Gasteiger partial charge on any atom is -0.376 e. The van der Waals surface area contributed by atoms with E-state index in [0.717, 1.165) is 49.4 Å². The zero-order chi connectivity index (χ0) is 19.2. The lowest BCUT2D eigenvalue weighted by atomic mass is 9.69. The minimum atomic E-state index is -0.0114. The van der Waals surface area contributed by atoms with Gasteiger partial charge in [0, 0.05) is 29.5 Å². The van der Waals surface area contributed by atoms with Crippen molar-refractivity contribution >= 4 is 24.4 Å². The van der Waals surface area contributed by atoms with Crippen molar-refractivity contribution in [3.05, 3.63) is 35.8 Å². The third kappa shape index (κ3) is 3.49. The fourth-order valence-electron chi connectivity index (χ4n) is 4.57. The number of pyridine rings is 1. The quantitative estimate of drug-likeness (QED) is 0.734. The fraction of sp³-hybridized carbons (Fsp3) is 0.619. The van der Waals surface area contributed by atoms with Crippen molar-refractivity contribution < 1.29 is 9.53 Å². The van der Waals surface area contributed by atoms with Gasteiger partial charge in [-0.1, -0.05) is 12.6 Å². The molecule has 3 atom stereocenters. The summed E-state index contributed by atoms with van der Waals surface area (Å²) in [6.07, 6.45) is 5.92. The zero-order valence-corrected chi connectivity index (χ0v) is 17.1. The summed E-state index contributed by atoms with van der Waals surface area (Å²) in [4.78, 5) is 19.5. The van der Waals surface area contributed by atoms with Crippen molar-refractivity contribution in [3.8, 4) is 0 Å². The minimum absolute atomic E-state index is 0.00510. The number of nitrogens with one attached hydrogen (secondary N) is 1. The van der Waals surface area contributed by atoms with Crippen LogP contribution >= 0.6 is 12.6 Å². The first-order valence-electron chi connectivity index (χ1n) is 9.93. The van der Waals surface area contributed by atoms with E-state index in [-0.39, 0.29) is 22.7 Å². The highest BCUT2D eigenvalue weighted by Crippen LogP contribution is 2.52. The number of amides is 1. The van der Waals surface area contributed by atoms with Gasteiger partial charge in [-0.2, -0.15) is 12.6 Å². The Bertz CT molecular complexity index is 764. The number of aromatic nitrogens is 1. The predicted molar refractivity (Wildman–Crippen MR) is 110 cm³/mol. The molecule has 1 aromatic rings. The number of thiol groups is 1. The van der Waals surface area contributed by atoms with Crippen LogP contribution in [0, 0.1) is 19.8 Å². The molecule has 0 aromatic carbocycles. The Morgan fingerprint density at radius 3 is 2.89 bits per heavy atom. The summed E-state index contributed by atoms with van der Waals surface area (Å²) < 4.78 is 5.77. The highest BCUT2D eigenvalue weighted by Gasteiger charge is 2.55. The largest absolute Gasteiger partial charge is 0.376 e. The first-order chi connectivity index (χ1) is 12.9. The molecule has 27 heavy (non-hydrogen) atoms. The van der Waals surface area contributed by atoms with Crippen LogP contribution in [-0.4, -0.2) is 34.4 Å². The van der Waals surface area contributed by atoms with Gasteiger partial charge in [-0.15, -0.1) is 0 Å². The van der Waals surface area contributed by atoms with Crippen LogP contribution in [0.1, 0.15) is 49.8 Å². The number of anilines is 1. The number of hydrogen-bond acceptors (Lipinski definition) is 5. The first-order valence-corrected chi connectivity index (χ1v) is 10.4. The van der Waals surface area contributed by atoms with E-state index in [1.54, 1.807) is 0 Å². The number of fused-ring (bicyclic) bond motifs is 1. The van der Waals surface area contributed by atoms with Gasteiger partial charge in [0.15, 0.2) is 0 Å². The average Bonchev–Trinajstić information content (AvgIpc) is 2.86. The molecule has 146 valence electrons. The van der Waals surface area contributed by atoms with Gasteiger partial charge in [0.1, 0.15) is 11.6 Å². The number of nitrogens with zero attached hydrogens (tertiary/aromatic N) is 2. The molecule has 0 radical (unpaired) electrons. The number of carbonyl (C=O) groups is 1. The van der Waals surface area contributed by atoms with E-state index >= 15 is 0 Å². The van der Waals surface area contributed by atoms with Crippen LogP contribution in [0.25, 0.3) is 0 Å². The smallest absolute Gasteiger partial charge is 0.225 e. The van der Waals surface area contributed by atoms with Crippen molar-refractivity contribution in [2.75, 3.05) is 11.5 Å². The lowest BCUT2D eigenvalue weighted by Crippen LogP contribution is -2.53. The topological polar surface area (TPSA) is 54.5 Å². The maximum absolute atomic E-state index is 12.7. The van der Waals surface area contributed by atoms with Gasteiger partial charge in [0.2, 0.25) is 5.91 Å². The Labute approximate surface area is 167 Å². The SMILES string of the molecule is C=C(NC(=O)CC1C[C@]2(S)CCO[C@H]12)N(c1nc(C)ccc1C)C1CCC1. The monoisotopic (exact) mass is 387 g/mol. The van der Waals surface area contributed by atoms with Crippen molar-refractivity contribution in [2.24, 2.45) is 5.92 Å². The molecule has 1 aliphatic heterocycles. The normalized spacial score (nSPS) is 29.4. The number of hydrogen-bond donors (Lipinski definition) is 2. The molecule has 2 saturated carbocycles. The maximum atomic E-state index is 12.7. The lowest BCUT2D eigenvalue weighted by molar-refractivity contribution is -0.124. The van der Waals surface area contributed by atoms with Crippen LogP contribution in [0.5, 0.6) is 0 Å². The van der Waals surface area contributed by atoms with Crippen LogP contribution in [0.15, 0.2) is 24.5 Å². The molecular formula is C21H29N3O2S. The van der Waals surface area contributed by atoms with Gasteiger partial charge in [0.25, 0.3) is 0 Å². The Morgan fingerprint density at radius 2 is 2.22 bits per heavy atom. The summed E-state index contributed by atoms with van der Waals surface area (Å²) in [5, 5.41) is 3.04. The summed E-state index contributed by atoms with van der Waals surface area (Å²) >= 11 is 4.74. The van der Waals surface area contributed by atoms with Crippen LogP contribution < -0.4 is 10.2 Å². The molecule has 5 nitrogen and oxygen atoms in total. The third-order valence-electron chi connectivity index (χ3n) is 6.31. The van der Waals surface area contributed by atoms with E-state index < -0.39 is 0 Å².